The van der Waals surface area contributed by atoms with Gasteiger partial charge in [0.05, 0.1) is 14.8 Å². The van der Waals surface area contributed by atoms with Gasteiger partial charge < -0.3 is 5.11 Å². The van der Waals surface area contributed by atoms with Gasteiger partial charge in [0.25, 0.3) is 11.8 Å². The fourth-order valence-corrected chi connectivity index (χ4v) is 5.92. The van der Waals surface area contributed by atoms with Gasteiger partial charge in [-0.1, -0.05) is 0 Å². The van der Waals surface area contributed by atoms with E-state index < -0.39 is 17.8 Å². The molecule has 2 amide bonds. The van der Waals surface area contributed by atoms with E-state index in [1.165, 1.54) is 12.2 Å². The number of amides is 2. The van der Waals surface area contributed by atoms with Crippen molar-refractivity contribution in [3.8, 4) is 0 Å². The summed E-state index contributed by atoms with van der Waals surface area (Å²) >= 11 is 5.76. The van der Waals surface area contributed by atoms with Gasteiger partial charge in [-0.2, -0.15) is 0 Å². The van der Waals surface area contributed by atoms with Crippen molar-refractivity contribution in [2.24, 2.45) is 0 Å². The number of imide groups is 1. The highest BCUT2D eigenvalue weighted by Crippen LogP contribution is 2.35. The molecule has 19 heavy (non-hydrogen) atoms. The second-order valence-electron chi connectivity index (χ2n) is 3.53. The Hall–Kier alpha value is -0.240. The predicted molar refractivity (Wildman–Crippen MR) is 93.2 cm³/mol. The average molecular weight is 595 g/mol. The summed E-state index contributed by atoms with van der Waals surface area (Å²) in [7, 11) is 0. The summed E-state index contributed by atoms with van der Waals surface area (Å²) in [5, 5.41) is 9.22. The fourth-order valence-electron chi connectivity index (χ4n) is 1.60. The molecule has 0 spiro atoms. The molecular weight excluding hydrogens is 591 g/mol. The van der Waals surface area contributed by atoms with E-state index in [4.69, 9.17) is 0 Å². The van der Waals surface area contributed by atoms with Crippen molar-refractivity contribution in [3.05, 3.63) is 34.5 Å². The lowest BCUT2D eigenvalue weighted by Crippen LogP contribution is -2.31. The zero-order valence-electron chi connectivity index (χ0n) is 8.99. The molecule has 1 heterocycles. The van der Waals surface area contributed by atoms with Crippen LogP contribution in [-0.4, -0.2) is 22.9 Å². The molecule has 0 aliphatic carbocycles. The molecule has 2 rings (SSSR count). The summed E-state index contributed by atoms with van der Waals surface area (Å²) in [5.74, 6) is -2.00. The summed E-state index contributed by atoms with van der Waals surface area (Å²) in [6, 6.07) is 1.64. The summed E-state index contributed by atoms with van der Waals surface area (Å²) in [6.07, 6.45) is 2.35. The molecule has 0 bridgehead atoms. The highest BCUT2D eigenvalue weighted by atomic mass is 127. The van der Waals surface area contributed by atoms with E-state index in [2.05, 4.69) is 0 Å². The third-order valence-corrected chi connectivity index (χ3v) is 5.12. The van der Waals surface area contributed by atoms with Gasteiger partial charge in [-0.3, -0.25) is 9.59 Å². The van der Waals surface area contributed by atoms with Gasteiger partial charge in [0.1, 0.15) is 0 Å². The van der Waals surface area contributed by atoms with Crippen LogP contribution in [-0.2, 0) is 9.59 Å². The number of aromatic carboxylic acids is 1. The number of rotatable bonds is 2. The van der Waals surface area contributed by atoms with Crippen LogP contribution in [0.5, 0.6) is 0 Å². The SMILES string of the molecule is O=C(O)c1c(I)cc(I)c(N2C(=O)C=CC2=O)c1I. The Morgan fingerprint density at radius 1 is 1.05 bits per heavy atom. The van der Waals surface area contributed by atoms with Gasteiger partial charge >= 0.3 is 5.97 Å². The number of carbonyl (C=O) groups excluding carboxylic acids is 2. The quantitative estimate of drug-likeness (QED) is 0.422. The molecule has 0 fully saturated rings. The average Bonchev–Trinajstić information content (AvgIpc) is 2.59. The smallest absolute Gasteiger partial charge is 0.337 e. The van der Waals surface area contributed by atoms with Crippen LogP contribution in [0.2, 0.25) is 0 Å². The number of carboxylic acid groups (broad SMARTS) is 1. The van der Waals surface area contributed by atoms with Crippen molar-refractivity contribution >= 4 is 91.2 Å². The normalized spacial score (nSPS) is 14.4. The maximum Gasteiger partial charge on any atom is 0.337 e. The first kappa shape index (κ1) is 15.2. The van der Waals surface area contributed by atoms with Gasteiger partial charge in [0.15, 0.2) is 0 Å². The molecule has 98 valence electrons. The zero-order chi connectivity index (χ0) is 14.3. The van der Waals surface area contributed by atoms with E-state index >= 15 is 0 Å². The lowest BCUT2D eigenvalue weighted by molar-refractivity contribution is -0.120. The molecule has 5 nitrogen and oxygen atoms in total. The van der Waals surface area contributed by atoms with Crippen LogP contribution in [0.3, 0.4) is 0 Å². The molecule has 1 aromatic carbocycles. The van der Waals surface area contributed by atoms with Crippen molar-refractivity contribution in [1.29, 1.82) is 0 Å². The predicted octanol–water partition coefficient (Wildman–Crippen LogP) is 2.63. The molecular formula is C11H4I3NO4. The van der Waals surface area contributed by atoms with Crippen molar-refractivity contribution in [2.75, 3.05) is 4.90 Å². The van der Waals surface area contributed by atoms with Crippen LogP contribution < -0.4 is 4.90 Å². The molecule has 0 saturated heterocycles. The first-order valence-electron chi connectivity index (χ1n) is 4.81. The van der Waals surface area contributed by atoms with Gasteiger partial charge in [0, 0.05) is 19.3 Å². The van der Waals surface area contributed by atoms with Gasteiger partial charge in [0.2, 0.25) is 0 Å². The molecule has 0 saturated carbocycles. The Labute approximate surface area is 148 Å². The number of benzene rings is 1. The maximum atomic E-state index is 11.7. The number of halogens is 3. The molecule has 0 atom stereocenters. The van der Waals surface area contributed by atoms with Crippen molar-refractivity contribution in [1.82, 2.24) is 0 Å². The van der Waals surface area contributed by atoms with E-state index in [1.54, 1.807) is 6.07 Å². The second-order valence-corrected chi connectivity index (χ2v) is 6.93. The molecule has 1 aliphatic rings. The van der Waals surface area contributed by atoms with Crippen LogP contribution in [0.4, 0.5) is 5.69 Å². The number of carboxylic acids is 1. The molecule has 0 aromatic heterocycles. The minimum atomic E-state index is -1.08. The number of nitrogens with zero attached hydrogens (tertiary/aromatic N) is 1. The van der Waals surface area contributed by atoms with Crippen LogP contribution in [0.25, 0.3) is 0 Å². The molecule has 8 heteroatoms. The van der Waals surface area contributed by atoms with Crippen molar-refractivity contribution < 1.29 is 19.5 Å². The van der Waals surface area contributed by atoms with Gasteiger partial charge in [-0.15, -0.1) is 0 Å². The first-order chi connectivity index (χ1) is 8.84. The summed E-state index contributed by atoms with van der Waals surface area (Å²) in [4.78, 5) is 35.7. The Morgan fingerprint density at radius 2 is 1.58 bits per heavy atom. The van der Waals surface area contributed by atoms with Gasteiger partial charge in [-0.05, 0) is 73.8 Å². The topological polar surface area (TPSA) is 74.7 Å². The van der Waals surface area contributed by atoms with Crippen LogP contribution in [0.15, 0.2) is 18.2 Å². The Balaban J connectivity index is 2.71. The molecule has 0 unspecified atom stereocenters. The van der Waals surface area contributed by atoms with E-state index in [0.717, 1.165) is 4.90 Å². The summed E-state index contributed by atoms with van der Waals surface area (Å²) in [6.45, 7) is 0. The van der Waals surface area contributed by atoms with E-state index in [-0.39, 0.29) is 5.56 Å². The lowest BCUT2D eigenvalue weighted by atomic mass is 10.2. The maximum absolute atomic E-state index is 11.7. The van der Waals surface area contributed by atoms with E-state index in [1.807, 2.05) is 67.8 Å². The summed E-state index contributed by atoms with van der Waals surface area (Å²) in [5.41, 5.74) is 0.433. The number of carbonyl (C=O) groups is 3. The standard InChI is InChI=1S/C11H4I3NO4/c12-4-3-5(13)10(9(14)8(4)11(18)19)15-6(16)1-2-7(15)17/h1-3H,(H,18,19). The summed E-state index contributed by atoms with van der Waals surface area (Å²) < 4.78 is 1.60. The molecule has 0 radical (unpaired) electrons. The monoisotopic (exact) mass is 595 g/mol. The van der Waals surface area contributed by atoms with Crippen molar-refractivity contribution in [3.63, 3.8) is 0 Å². The Kier molecular flexibility index (Phi) is 4.49. The largest absolute Gasteiger partial charge is 0.478 e. The third-order valence-electron chi connectivity index (χ3n) is 2.39. The minimum Gasteiger partial charge on any atom is -0.478 e. The Bertz CT molecular complexity index is 636. The lowest BCUT2D eigenvalue weighted by Gasteiger charge is -2.19. The highest BCUT2D eigenvalue weighted by molar-refractivity contribution is 14.1. The van der Waals surface area contributed by atoms with Crippen molar-refractivity contribution in [2.45, 2.75) is 0 Å². The molecule has 1 aliphatic heterocycles. The number of hydrogen-bond acceptors (Lipinski definition) is 3. The van der Waals surface area contributed by atoms with Crippen LogP contribution >= 0.6 is 67.8 Å². The fraction of sp³-hybridized carbons (Fsp3) is 0. The van der Waals surface area contributed by atoms with E-state index in [9.17, 15) is 19.5 Å². The van der Waals surface area contributed by atoms with Crippen LogP contribution in [0.1, 0.15) is 10.4 Å². The minimum absolute atomic E-state index is 0.101. The van der Waals surface area contributed by atoms with Crippen LogP contribution in [0, 0.1) is 10.7 Å². The number of hydrogen-bond donors (Lipinski definition) is 1. The third kappa shape index (κ3) is 2.66. The zero-order valence-corrected chi connectivity index (χ0v) is 15.5. The molecule has 1 aromatic rings. The number of anilines is 1. The first-order valence-corrected chi connectivity index (χ1v) is 8.05. The van der Waals surface area contributed by atoms with E-state index in [0.29, 0.717) is 16.4 Å². The second kappa shape index (κ2) is 5.63. The van der Waals surface area contributed by atoms with Gasteiger partial charge in [-0.25, -0.2) is 9.69 Å². The highest BCUT2D eigenvalue weighted by Gasteiger charge is 2.31. The molecule has 1 N–H and O–H groups in total. The Morgan fingerprint density at radius 3 is 2.05 bits per heavy atom.